The SMILES string of the molecule is CCCCNC(=O)c1ccc(NC(=S)NC(=O)c2sc3ccccc3c2Cl)cc1. The largest absolute Gasteiger partial charge is 0.352 e. The second-order valence-corrected chi connectivity index (χ2v) is 8.17. The molecule has 0 unspecified atom stereocenters. The molecular formula is C21H20ClN3O2S2. The average Bonchev–Trinajstić information content (AvgIpc) is 3.05. The number of fused-ring (bicyclic) bond motifs is 1. The van der Waals surface area contributed by atoms with Crippen molar-refractivity contribution in [1.29, 1.82) is 0 Å². The maximum Gasteiger partial charge on any atom is 0.269 e. The van der Waals surface area contributed by atoms with E-state index in [1.54, 1.807) is 24.3 Å². The van der Waals surface area contributed by atoms with E-state index in [0.29, 0.717) is 27.7 Å². The summed E-state index contributed by atoms with van der Waals surface area (Å²) in [5.74, 6) is -0.471. The zero-order chi connectivity index (χ0) is 20.8. The number of thiophene rings is 1. The van der Waals surface area contributed by atoms with E-state index in [2.05, 4.69) is 22.9 Å². The fourth-order valence-corrected chi connectivity index (χ4v) is 4.29. The van der Waals surface area contributed by atoms with Crippen LogP contribution in [0.4, 0.5) is 5.69 Å². The van der Waals surface area contributed by atoms with Crippen molar-refractivity contribution in [2.45, 2.75) is 19.8 Å². The van der Waals surface area contributed by atoms with Crippen molar-refractivity contribution in [1.82, 2.24) is 10.6 Å². The third kappa shape index (κ3) is 5.32. The van der Waals surface area contributed by atoms with Gasteiger partial charge in [0.05, 0.1) is 5.02 Å². The van der Waals surface area contributed by atoms with E-state index in [1.807, 2.05) is 24.3 Å². The van der Waals surface area contributed by atoms with E-state index in [9.17, 15) is 9.59 Å². The van der Waals surface area contributed by atoms with Gasteiger partial charge in [0.2, 0.25) is 0 Å². The van der Waals surface area contributed by atoms with Crippen molar-refractivity contribution in [3.8, 4) is 0 Å². The van der Waals surface area contributed by atoms with Gasteiger partial charge in [0.15, 0.2) is 5.11 Å². The van der Waals surface area contributed by atoms with Crippen molar-refractivity contribution >= 4 is 67.9 Å². The van der Waals surface area contributed by atoms with Crippen molar-refractivity contribution in [2.24, 2.45) is 0 Å². The normalized spacial score (nSPS) is 10.6. The molecule has 0 fully saturated rings. The minimum Gasteiger partial charge on any atom is -0.352 e. The third-order valence-electron chi connectivity index (χ3n) is 4.19. The first-order valence-corrected chi connectivity index (χ1v) is 10.8. The van der Waals surface area contributed by atoms with E-state index in [-0.39, 0.29) is 16.9 Å². The lowest BCUT2D eigenvalue weighted by molar-refractivity contribution is 0.0951. The van der Waals surface area contributed by atoms with Gasteiger partial charge < -0.3 is 10.6 Å². The molecule has 0 radical (unpaired) electrons. The van der Waals surface area contributed by atoms with Crippen molar-refractivity contribution in [3.63, 3.8) is 0 Å². The van der Waals surface area contributed by atoms with Crippen molar-refractivity contribution in [3.05, 3.63) is 64.0 Å². The van der Waals surface area contributed by atoms with E-state index < -0.39 is 0 Å². The molecule has 0 bridgehead atoms. The van der Waals surface area contributed by atoms with Gasteiger partial charge in [-0.05, 0) is 49.0 Å². The van der Waals surface area contributed by atoms with Crippen LogP contribution in [0.1, 0.15) is 39.8 Å². The average molecular weight is 446 g/mol. The first-order valence-electron chi connectivity index (χ1n) is 9.17. The Morgan fingerprint density at radius 3 is 2.48 bits per heavy atom. The molecule has 1 heterocycles. The second-order valence-electron chi connectivity index (χ2n) is 6.34. The Kier molecular flexibility index (Phi) is 7.19. The molecule has 3 N–H and O–H groups in total. The summed E-state index contributed by atoms with van der Waals surface area (Å²) in [6.45, 7) is 2.73. The quantitative estimate of drug-likeness (QED) is 0.359. The van der Waals surface area contributed by atoms with Gasteiger partial charge in [0.25, 0.3) is 11.8 Å². The van der Waals surface area contributed by atoms with E-state index in [4.69, 9.17) is 23.8 Å². The molecule has 0 saturated heterocycles. The highest BCUT2D eigenvalue weighted by atomic mass is 35.5. The predicted octanol–water partition coefficient (Wildman–Crippen LogP) is 5.21. The van der Waals surface area contributed by atoms with Crippen LogP contribution < -0.4 is 16.0 Å². The van der Waals surface area contributed by atoms with E-state index >= 15 is 0 Å². The number of benzene rings is 2. The van der Waals surface area contributed by atoms with E-state index in [0.717, 1.165) is 22.9 Å². The van der Waals surface area contributed by atoms with Crippen LogP contribution in [0.2, 0.25) is 5.02 Å². The summed E-state index contributed by atoms with van der Waals surface area (Å²) < 4.78 is 0.939. The van der Waals surface area contributed by atoms with Crippen molar-refractivity contribution < 1.29 is 9.59 Å². The molecule has 0 aliphatic carbocycles. The minimum absolute atomic E-state index is 0.111. The van der Waals surface area contributed by atoms with Gasteiger partial charge in [0, 0.05) is 27.9 Å². The molecule has 0 spiro atoms. The number of carbonyl (C=O) groups is 2. The Balaban J connectivity index is 1.59. The summed E-state index contributed by atoms with van der Waals surface area (Å²) in [5, 5.41) is 9.88. The van der Waals surface area contributed by atoms with Crippen LogP contribution in [0.25, 0.3) is 10.1 Å². The molecule has 5 nitrogen and oxygen atoms in total. The van der Waals surface area contributed by atoms with Crippen LogP contribution in [0.3, 0.4) is 0 Å². The summed E-state index contributed by atoms with van der Waals surface area (Å²) in [6, 6.07) is 14.5. The van der Waals surface area contributed by atoms with Crippen LogP contribution in [-0.4, -0.2) is 23.5 Å². The van der Waals surface area contributed by atoms with Crippen LogP contribution >= 0.6 is 35.2 Å². The number of nitrogens with one attached hydrogen (secondary N) is 3. The van der Waals surface area contributed by atoms with Crippen molar-refractivity contribution in [2.75, 3.05) is 11.9 Å². The molecule has 0 atom stereocenters. The van der Waals surface area contributed by atoms with Gasteiger partial charge in [-0.25, -0.2) is 0 Å². The first-order chi connectivity index (χ1) is 14.0. The maximum absolute atomic E-state index is 12.5. The molecular weight excluding hydrogens is 426 g/mol. The number of anilines is 1. The number of hydrogen-bond donors (Lipinski definition) is 3. The number of carbonyl (C=O) groups excluding carboxylic acids is 2. The molecule has 3 rings (SSSR count). The summed E-state index contributed by atoms with van der Waals surface area (Å²) in [7, 11) is 0. The molecule has 0 saturated carbocycles. The fourth-order valence-electron chi connectivity index (χ4n) is 2.67. The molecule has 3 aromatic rings. The molecule has 29 heavy (non-hydrogen) atoms. The van der Waals surface area contributed by atoms with Gasteiger partial charge >= 0.3 is 0 Å². The zero-order valence-electron chi connectivity index (χ0n) is 15.8. The van der Waals surface area contributed by atoms with Crippen LogP contribution in [0.15, 0.2) is 48.5 Å². The first kappa shape index (κ1) is 21.2. The Morgan fingerprint density at radius 2 is 1.79 bits per heavy atom. The van der Waals surface area contributed by atoms with Crippen LogP contribution in [0, 0.1) is 0 Å². The number of unbranched alkanes of at least 4 members (excludes halogenated alkanes) is 1. The molecule has 2 amide bonds. The third-order valence-corrected chi connectivity index (χ3v) is 6.07. The number of rotatable bonds is 6. The number of thiocarbonyl (C=S) groups is 1. The lowest BCUT2D eigenvalue weighted by Crippen LogP contribution is -2.33. The molecule has 0 aliphatic heterocycles. The van der Waals surface area contributed by atoms with Crippen LogP contribution in [-0.2, 0) is 0 Å². The second kappa shape index (κ2) is 9.82. The van der Waals surface area contributed by atoms with E-state index in [1.165, 1.54) is 11.3 Å². The lowest BCUT2D eigenvalue weighted by atomic mass is 10.2. The smallest absolute Gasteiger partial charge is 0.269 e. The Bertz CT molecular complexity index is 1050. The molecule has 2 aromatic carbocycles. The summed E-state index contributed by atoms with van der Waals surface area (Å²) in [6.07, 6.45) is 1.97. The van der Waals surface area contributed by atoms with Gasteiger partial charge in [-0.1, -0.05) is 43.1 Å². The molecule has 150 valence electrons. The molecule has 8 heteroatoms. The maximum atomic E-state index is 12.5. The standard InChI is InChI=1S/C21H20ClN3O2S2/c1-2-3-12-23-19(26)13-8-10-14(11-9-13)24-21(28)25-20(27)18-17(22)15-6-4-5-7-16(15)29-18/h4-11H,2-3,12H2,1H3,(H,23,26)(H2,24,25,27,28). The number of halogens is 1. The van der Waals surface area contributed by atoms with Gasteiger partial charge in [0.1, 0.15) is 4.88 Å². The fraction of sp³-hybridized carbons (Fsp3) is 0.190. The summed E-state index contributed by atoms with van der Waals surface area (Å²) in [4.78, 5) is 25.0. The molecule has 0 aliphatic rings. The minimum atomic E-state index is -0.361. The van der Waals surface area contributed by atoms with Gasteiger partial charge in [-0.3, -0.25) is 14.9 Å². The zero-order valence-corrected chi connectivity index (χ0v) is 18.1. The van der Waals surface area contributed by atoms with Gasteiger partial charge in [-0.2, -0.15) is 0 Å². The predicted molar refractivity (Wildman–Crippen MR) is 124 cm³/mol. The molecule has 1 aromatic heterocycles. The highest BCUT2D eigenvalue weighted by molar-refractivity contribution is 7.80. The topological polar surface area (TPSA) is 70.2 Å². The highest BCUT2D eigenvalue weighted by Crippen LogP contribution is 2.34. The monoisotopic (exact) mass is 445 g/mol. The Morgan fingerprint density at radius 1 is 1.07 bits per heavy atom. The van der Waals surface area contributed by atoms with Crippen LogP contribution in [0.5, 0.6) is 0 Å². The van der Waals surface area contributed by atoms with Gasteiger partial charge in [-0.15, -0.1) is 11.3 Å². The lowest BCUT2D eigenvalue weighted by Gasteiger charge is -2.10. The highest BCUT2D eigenvalue weighted by Gasteiger charge is 2.17. The number of hydrogen-bond acceptors (Lipinski definition) is 4. The number of amides is 2. The Labute approximate surface area is 183 Å². The summed E-state index contributed by atoms with van der Waals surface area (Å²) >= 11 is 12.9. The summed E-state index contributed by atoms with van der Waals surface area (Å²) in [5.41, 5.74) is 1.24. The Hall–Kier alpha value is -2.48.